The molecule has 0 spiro atoms. The molecular weight excluding hydrogens is 268 g/mol. The molecule has 0 bridgehead atoms. The molecule has 21 heavy (non-hydrogen) atoms. The van der Waals surface area contributed by atoms with Gasteiger partial charge in [-0.3, -0.25) is 4.79 Å². The molecule has 2 aliphatic heterocycles. The van der Waals surface area contributed by atoms with Crippen molar-refractivity contribution in [1.29, 1.82) is 0 Å². The minimum Gasteiger partial charge on any atom is -0.495 e. The molecule has 0 aromatic heterocycles. The Labute approximate surface area is 125 Å². The van der Waals surface area contributed by atoms with E-state index >= 15 is 0 Å². The van der Waals surface area contributed by atoms with Crippen LogP contribution in [0.3, 0.4) is 0 Å². The first-order valence-electron chi connectivity index (χ1n) is 7.48. The van der Waals surface area contributed by atoms with Crippen LogP contribution < -0.4 is 15.0 Å². The molecule has 1 N–H and O–H groups in total. The minimum atomic E-state index is -0.161. The zero-order chi connectivity index (χ0) is 14.8. The fraction of sp³-hybridized carbons (Fsp3) is 0.562. The lowest BCUT2D eigenvalue weighted by molar-refractivity contribution is -0.120. The van der Waals surface area contributed by atoms with Gasteiger partial charge in [0.25, 0.3) is 0 Å². The summed E-state index contributed by atoms with van der Waals surface area (Å²) in [6.07, 6.45) is 2.85. The SMILES string of the molecule is COc1cccc2c1N(C(=O)C1CC(OC)CN1)CCC2. The summed E-state index contributed by atoms with van der Waals surface area (Å²) >= 11 is 0. The Bertz CT molecular complexity index is 518. The van der Waals surface area contributed by atoms with Gasteiger partial charge in [-0.2, -0.15) is 0 Å². The van der Waals surface area contributed by atoms with Gasteiger partial charge in [-0.1, -0.05) is 12.1 Å². The van der Waals surface area contributed by atoms with Gasteiger partial charge in [0, 0.05) is 20.2 Å². The van der Waals surface area contributed by atoms with Gasteiger partial charge in [-0.15, -0.1) is 0 Å². The Morgan fingerprint density at radius 3 is 2.95 bits per heavy atom. The highest BCUT2D eigenvalue weighted by molar-refractivity contribution is 5.99. The third-order valence-corrected chi connectivity index (χ3v) is 4.39. The standard InChI is InChI=1S/C16H22N2O3/c1-20-12-9-13(17-10-12)16(19)18-8-4-6-11-5-3-7-14(21-2)15(11)18/h3,5,7,12-13,17H,4,6,8-10H2,1-2H3. The van der Waals surface area contributed by atoms with Crippen LogP contribution in [0.5, 0.6) is 5.75 Å². The van der Waals surface area contributed by atoms with E-state index in [1.807, 2.05) is 17.0 Å². The molecule has 0 radical (unpaired) electrons. The molecule has 1 fully saturated rings. The summed E-state index contributed by atoms with van der Waals surface area (Å²) < 4.78 is 10.8. The van der Waals surface area contributed by atoms with Crippen molar-refractivity contribution < 1.29 is 14.3 Å². The van der Waals surface area contributed by atoms with Crippen molar-refractivity contribution in [2.75, 3.05) is 32.2 Å². The molecule has 3 rings (SSSR count). The fourth-order valence-electron chi connectivity index (χ4n) is 3.26. The van der Waals surface area contributed by atoms with Crippen LogP contribution in [-0.4, -0.2) is 45.4 Å². The number of rotatable bonds is 3. The van der Waals surface area contributed by atoms with Gasteiger partial charge in [-0.05, 0) is 30.9 Å². The molecule has 2 atom stereocenters. The number of anilines is 1. The third kappa shape index (κ3) is 2.63. The minimum absolute atomic E-state index is 0.125. The van der Waals surface area contributed by atoms with E-state index in [-0.39, 0.29) is 18.1 Å². The van der Waals surface area contributed by atoms with E-state index in [0.29, 0.717) is 0 Å². The first kappa shape index (κ1) is 14.4. The number of carbonyl (C=O) groups excluding carboxylic acids is 1. The van der Waals surface area contributed by atoms with E-state index in [1.165, 1.54) is 5.56 Å². The Kier molecular flexibility index (Phi) is 4.12. The molecule has 2 heterocycles. The molecule has 5 heteroatoms. The number of methoxy groups -OCH3 is 2. The topological polar surface area (TPSA) is 50.8 Å². The van der Waals surface area contributed by atoms with Crippen molar-refractivity contribution in [1.82, 2.24) is 5.32 Å². The lowest BCUT2D eigenvalue weighted by atomic mass is 9.99. The van der Waals surface area contributed by atoms with Crippen molar-refractivity contribution in [3.8, 4) is 5.75 Å². The highest BCUT2D eigenvalue weighted by Crippen LogP contribution is 2.36. The highest BCUT2D eigenvalue weighted by atomic mass is 16.5. The van der Waals surface area contributed by atoms with Crippen LogP contribution >= 0.6 is 0 Å². The molecule has 5 nitrogen and oxygen atoms in total. The van der Waals surface area contributed by atoms with Crippen LogP contribution in [0.25, 0.3) is 0 Å². The number of hydrogen-bond donors (Lipinski definition) is 1. The summed E-state index contributed by atoms with van der Waals surface area (Å²) in [5, 5.41) is 3.27. The van der Waals surface area contributed by atoms with E-state index < -0.39 is 0 Å². The van der Waals surface area contributed by atoms with Crippen LogP contribution in [0.1, 0.15) is 18.4 Å². The molecule has 0 aliphatic carbocycles. The predicted molar refractivity (Wildman–Crippen MR) is 80.9 cm³/mol. The Hall–Kier alpha value is -1.59. The lowest BCUT2D eigenvalue weighted by Gasteiger charge is -2.32. The molecule has 1 amide bonds. The van der Waals surface area contributed by atoms with E-state index in [9.17, 15) is 4.79 Å². The molecule has 1 saturated heterocycles. The van der Waals surface area contributed by atoms with E-state index in [4.69, 9.17) is 9.47 Å². The number of fused-ring (bicyclic) bond motifs is 1. The second kappa shape index (κ2) is 6.03. The summed E-state index contributed by atoms with van der Waals surface area (Å²) in [6, 6.07) is 5.83. The average Bonchev–Trinajstić information content (AvgIpc) is 3.02. The predicted octanol–water partition coefficient (Wildman–Crippen LogP) is 1.35. The number of amides is 1. The molecular formula is C16H22N2O3. The zero-order valence-corrected chi connectivity index (χ0v) is 12.6. The monoisotopic (exact) mass is 290 g/mol. The largest absolute Gasteiger partial charge is 0.495 e. The van der Waals surface area contributed by atoms with E-state index in [2.05, 4.69) is 11.4 Å². The summed E-state index contributed by atoms with van der Waals surface area (Å²) in [5.41, 5.74) is 2.13. The number of para-hydroxylation sites is 1. The van der Waals surface area contributed by atoms with Gasteiger partial charge >= 0.3 is 0 Å². The van der Waals surface area contributed by atoms with Crippen molar-refractivity contribution in [2.45, 2.75) is 31.4 Å². The summed E-state index contributed by atoms with van der Waals surface area (Å²) in [4.78, 5) is 14.7. The quantitative estimate of drug-likeness (QED) is 0.913. The van der Waals surface area contributed by atoms with Crippen molar-refractivity contribution in [3.63, 3.8) is 0 Å². The fourth-order valence-corrected chi connectivity index (χ4v) is 3.26. The van der Waals surface area contributed by atoms with Gasteiger partial charge in [0.1, 0.15) is 5.75 Å². The third-order valence-electron chi connectivity index (χ3n) is 4.39. The number of ether oxygens (including phenoxy) is 2. The first-order chi connectivity index (χ1) is 10.2. The highest BCUT2D eigenvalue weighted by Gasteiger charge is 2.35. The zero-order valence-electron chi connectivity index (χ0n) is 12.6. The van der Waals surface area contributed by atoms with Crippen LogP contribution in [-0.2, 0) is 16.0 Å². The molecule has 1 aromatic rings. The Morgan fingerprint density at radius 1 is 1.38 bits per heavy atom. The van der Waals surface area contributed by atoms with Gasteiger partial charge < -0.3 is 19.7 Å². The number of carbonyl (C=O) groups is 1. The number of hydrogen-bond acceptors (Lipinski definition) is 4. The Morgan fingerprint density at radius 2 is 2.24 bits per heavy atom. The first-order valence-corrected chi connectivity index (χ1v) is 7.48. The Balaban J connectivity index is 1.86. The van der Waals surface area contributed by atoms with Gasteiger partial charge in [0.15, 0.2) is 0 Å². The molecule has 2 aliphatic rings. The maximum Gasteiger partial charge on any atom is 0.244 e. The average molecular weight is 290 g/mol. The summed E-state index contributed by atoms with van der Waals surface area (Å²) in [5.74, 6) is 0.904. The molecule has 2 unspecified atom stereocenters. The van der Waals surface area contributed by atoms with Gasteiger partial charge in [-0.25, -0.2) is 0 Å². The molecule has 114 valence electrons. The van der Waals surface area contributed by atoms with E-state index in [1.54, 1.807) is 14.2 Å². The number of nitrogens with zero attached hydrogens (tertiary/aromatic N) is 1. The normalized spacial score (nSPS) is 24.8. The second-order valence-electron chi connectivity index (χ2n) is 5.62. The maximum absolute atomic E-state index is 12.8. The summed E-state index contributed by atoms with van der Waals surface area (Å²) in [6.45, 7) is 1.49. The van der Waals surface area contributed by atoms with Crippen LogP contribution in [0.15, 0.2) is 18.2 Å². The summed E-state index contributed by atoms with van der Waals surface area (Å²) in [7, 11) is 3.35. The van der Waals surface area contributed by atoms with E-state index in [0.717, 1.165) is 43.8 Å². The van der Waals surface area contributed by atoms with Crippen molar-refractivity contribution >= 4 is 11.6 Å². The van der Waals surface area contributed by atoms with Crippen molar-refractivity contribution in [2.24, 2.45) is 0 Å². The van der Waals surface area contributed by atoms with Crippen LogP contribution in [0, 0.1) is 0 Å². The van der Waals surface area contributed by atoms with Crippen molar-refractivity contribution in [3.05, 3.63) is 23.8 Å². The second-order valence-corrected chi connectivity index (χ2v) is 5.62. The van der Waals surface area contributed by atoms with Crippen LogP contribution in [0.2, 0.25) is 0 Å². The smallest absolute Gasteiger partial charge is 0.244 e. The van der Waals surface area contributed by atoms with Gasteiger partial charge in [0.05, 0.1) is 24.9 Å². The number of benzene rings is 1. The van der Waals surface area contributed by atoms with Gasteiger partial charge in [0.2, 0.25) is 5.91 Å². The lowest BCUT2D eigenvalue weighted by Crippen LogP contribution is -2.46. The molecule has 1 aromatic carbocycles. The number of aryl methyl sites for hydroxylation is 1. The van der Waals surface area contributed by atoms with Crippen LogP contribution in [0.4, 0.5) is 5.69 Å². The number of nitrogens with one attached hydrogen (secondary N) is 1. The molecule has 0 saturated carbocycles. The maximum atomic E-state index is 12.8.